The van der Waals surface area contributed by atoms with E-state index < -0.39 is 5.82 Å². The quantitative estimate of drug-likeness (QED) is 0.312. The molecule has 4 aromatic heterocycles. The number of aryl methyl sites for hydroxylation is 3. The first kappa shape index (κ1) is 23.0. The molecule has 0 spiro atoms. The van der Waals surface area contributed by atoms with Crippen molar-refractivity contribution in [3.63, 3.8) is 0 Å². The normalized spacial score (nSPS) is 10.8. The van der Waals surface area contributed by atoms with E-state index in [4.69, 9.17) is 10.5 Å². The fourth-order valence-electron chi connectivity index (χ4n) is 4.18. The summed E-state index contributed by atoms with van der Waals surface area (Å²) in [5, 5.41) is 0.627. The summed E-state index contributed by atoms with van der Waals surface area (Å²) < 4.78 is 22.8. The average Bonchev–Trinajstić information content (AvgIpc) is 3.14. The lowest BCUT2D eigenvalue weighted by atomic mass is 9.97. The summed E-state index contributed by atoms with van der Waals surface area (Å²) in [5.74, 6) is 5.58. The van der Waals surface area contributed by atoms with E-state index >= 15 is 4.39 Å². The molecule has 5 rings (SSSR count). The molecule has 0 saturated heterocycles. The lowest BCUT2D eigenvalue weighted by molar-refractivity contribution is 0.410. The minimum absolute atomic E-state index is 0.00991. The molecular formula is C26H21BFN7O. The molecule has 0 unspecified atom stereocenters. The van der Waals surface area contributed by atoms with Crippen LogP contribution >= 0.6 is 0 Å². The molecule has 0 radical (unpaired) electrons. The number of rotatable bonds is 4. The van der Waals surface area contributed by atoms with Crippen LogP contribution in [0.5, 0.6) is 11.8 Å². The number of benzene rings is 1. The maximum absolute atomic E-state index is 15.3. The highest BCUT2D eigenvalue weighted by atomic mass is 19.1. The molecule has 0 bridgehead atoms. The lowest BCUT2D eigenvalue weighted by Gasteiger charge is -2.12. The highest BCUT2D eigenvalue weighted by Crippen LogP contribution is 2.43. The highest BCUT2D eigenvalue weighted by Gasteiger charge is 2.24. The monoisotopic (exact) mass is 477 g/mol. The predicted octanol–water partition coefficient (Wildman–Crippen LogP) is 3.56. The van der Waals surface area contributed by atoms with Gasteiger partial charge in [0, 0.05) is 36.3 Å². The zero-order valence-electron chi connectivity index (χ0n) is 20.2. The summed E-state index contributed by atoms with van der Waals surface area (Å²) in [6, 6.07) is 8.43. The molecule has 1 aromatic carbocycles. The van der Waals surface area contributed by atoms with Crippen LogP contribution in [0, 0.1) is 31.4 Å². The van der Waals surface area contributed by atoms with Crippen LogP contribution < -0.4 is 10.5 Å². The smallest absolute Gasteiger partial charge is 0.322 e. The van der Waals surface area contributed by atoms with Crippen molar-refractivity contribution in [3.05, 3.63) is 71.8 Å². The molecule has 0 aliphatic carbocycles. The van der Waals surface area contributed by atoms with Gasteiger partial charge < -0.3 is 15.0 Å². The molecule has 0 saturated carbocycles. The van der Waals surface area contributed by atoms with Crippen LogP contribution in [-0.2, 0) is 7.05 Å². The maximum Gasteiger partial charge on any atom is 0.322 e. The van der Waals surface area contributed by atoms with Crippen molar-refractivity contribution in [2.75, 3.05) is 5.73 Å². The Hall–Kier alpha value is -4.78. The standard InChI is InChI=1S/C26H21BFN7O/c1-14-10-17(6-8-27)31-12-18(14)23-21(22-24(29)32-13-33-25(22)35(23)3)16-4-5-20(19(28)11-16)36-26-30-9-7-15(2)34-26/h4-5,7,9-13H,27H2,1-3H3,(H2,29,32,33). The Morgan fingerprint density at radius 2 is 1.92 bits per heavy atom. The zero-order valence-corrected chi connectivity index (χ0v) is 20.2. The molecule has 36 heavy (non-hydrogen) atoms. The Kier molecular flexibility index (Phi) is 5.82. The first-order chi connectivity index (χ1) is 17.4. The molecular weight excluding hydrogens is 456 g/mol. The summed E-state index contributed by atoms with van der Waals surface area (Å²) >= 11 is 0. The Morgan fingerprint density at radius 3 is 2.64 bits per heavy atom. The molecule has 4 heterocycles. The number of fused-ring (bicyclic) bond motifs is 1. The molecule has 0 aliphatic rings. The molecule has 176 valence electrons. The van der Waals surface area contributed by atoms with Crippen LogP contribution in [0.15, 0.2) is 49.1 Å². The lowest BCUT2D eigenvalue weighted by Crippen LogP contribution is -1.98. The van der Waals surface area contributed by atoms with Gasteiger partial charge in [-0.15, -0.1) is 0 Å². The number of hydrogen-bond donors (Lipinski definition) is 1. The Bertz CT molecular complexity index is 1700. The summed E-state index contributed by atoms with van der Waals surface area (Å²) in [7, 11) is 3.65. The van der Waals surface area contributed by atoms with E-state index in [-0.39, 0.29) is 11.8 Å². The van der Waals surface area contributed by atoms with Gasteiger partial charge in [-0.1, -0.05) is 12.0 Å². The van der Waals surface area contributed by atoms with Crippen molar-refractivity contribution < 1.29 is 9.13 Å². The second-order valence-corrected chi connectivity index (χ2v) is 8.23. The van der Waals surface area contributed by atoms with E-state index in [1.165, 1.54) is 12.4 Å². The minimum atomic E-state index is -0.570. The third-order valence-electron chi connectivity index (χ3n) is 5.81. The Balaban J connectivity index is 1.70. The van der Waals surface area contributed by atoms with Gasteiger partial charge in [0.15, 0.2) is 19.4 Å². The van der Waals surface area contributed by atoms with Gasteiger partial charge in [0.25, 0.3) is 0 Å². The van der Waals surface area contributed by atoms with E-state index in [0.717, 1.165) is 16.8 Å². The second-order valence-electron chi connectivity index (χ2n) is 8.23. The topological polar surface area (TPSA) is 105 Å². The van der Waals surface area contributed by atoms with Gasteiger partial charge in [0.05, 0.1) is 11.1 Å². The highest BCUT2D eigenvalue weighted by molar-refractivity contribution is 6.22. The first-order valence-corrected chi connectivity index (χ1v) is 11.1. The van der Waals surface area contributed by atoms with Crippen molar-refractivity contribution in [3.8, 4) is 45.9 Å². The van der Waals surface area contributed by atoms with Crippen LogP contribution in [0.2, 0.25) is 0 Å². The summed E-state index contributed by atoms with van der Waals surface area (Å²) in [6.45, 7) is 3.79. The molecule has 0 amide bonds. The van der Waals surface area contributed by atoms with Crippen molar-refractivity contribution in [1.82, 2.24) is 29.5 Å². The molecule has 10 heteroatoms. The van der Waals surface area contributed by atoms with E-state index in [2.05, 4.69) is 36.7 Å². The van der Waals surface area contributed by atoms with Crippen molar-refractivity contribution in [2.45, 2.75) is 13.8 Å². The summed E-state index contributed by atoms with van der Waals surface area (Å²) in [6.07, 6.45) is 4.73. The van der Waals surface area contributed by atoms with Crippen LogP contribution in [0.4, 0.5) is 10.2 Å². The summed E-state index contributed by atoms with van der Waals surface area (Å²) in [4.78, 5) is 21.4. The molecule has 0 atom stereocenters. The maximum atomic E-state index is 15.3. The van der Waals surface area contributed by atoms with Crippen molar-refractivity contribution in [1.29, 1.82) is 0 Å². The van der Waals surface area contributed by atoms with Gasteiger partial charge in [0.1, 0.15) is 23.5 Å². The number of nitrogens with zero attached hydrogens (tertiary/aromatic N) is 6. The molecule has 0 fully saturated rings. The van der Waals surface area contributed by atoms with E-state index in [9.17, 15) is 0 Å². The van der Waals surface area contributed by atoms with Gasteiger partial charge in [-0.3, -0.25) is 0 Å². The predicted molar refractivity (Wildman–Crippen MR) is 139 cm³/mol. The van der Waals surface area contributed by atoms with Crippen LogP contribution in [0.3, 0.4) is 0 Å². The first-order valence-electron chi connectivity index (χ1n) is 11.1. The molecule has 0 aliphatic heterocycles. The van der Waals surface area contributed by atoms with Gasteiger partial charge >= 0.3 is 6.01 Å². The molecule has 8 nitrogen and oxygen atoms in total. The Morgan fingerprint density at radius 1 is 1.08 bits per heavy atom. The van der Waals surface area contributed by atoms with Crippen molar-refractivity contribution in [2.24, 2.45) is 7.05 Å². The SMILES string of the molecule is BC#Cc1cc(C)c(-c2c(-c3ccc(Oc4nccc(C)n4)c(F)c3)c3c(N)ncnc3n2C)cn1. The van der Waals surface area contributed by atoms with Crippen LogP contribution in [0.25, 0.3) is 33.4 Å². The van der Waals surface area contributed by atoms with Crippen LogP contribution in [-0.4, -0.2) is 37.3 Å². The third kappa shape index (κ3) is 4.01. The number of nitrogen functional groups attached to an aromatic ring is 1. The Labute approximate surface area is 207 Å². The van der Waals surface area contributed by atoms with Gasteiger partial charge in [-0.05, 0) is 49.2 Å². The minimum Gasteiger partial charge on any atom is -0.421 e. The number of pyridine rings is 1. The zero-order chi connectivity index (χ0) is 25.4. The fourth-order valence-corrected chi connectivity index (χ4v) is 4.18. The van der Waals surface area contributed by atoms with Crippen LogP contribution in [0.1, 0.15) is 17.0 Å². The van der Waals surface area contributed by atoms with E-state index in [0.29, 0.717) is 39.4 Å². The van der Waals surface area contributed by atoms with Crippen molar-refractivity contribution >= 4 is 24.7 Å². The largest absolute Gasteiger partial charge is 0.421 e. The number of nitrogens with two attached hydrogens (primary N) is 1. The summed E-state index contributed by atoms with van der Waals surface area (Å²) in [5.41, 5.74) is 12.2. The number of aromatic nitrogens is 6. The van der Waals surface area contributed by atoms with Gasteiger partial charge in [-0.25, -0.2) is 29.3 Å². The number of anilines is 1. The third-order valence-corrected chi connectivity index (χ3v) is 5.81. The molecule has 2 N–H and O–H groups in total. The van der Waals surface area contributed by atoms with Gasteiger partial charge in [-0.2, -0.15) is 5.82 Å². The number of halogens is 1. The van der Waals surface area contributed by atoms with Gasteiger partial charge in [0.2, 0.25) is 0 Å². The fraction of sp³-hybridized carbons (Fsp3) is 0.115. The number of hydrogen-bond acceptors (Lipinski definition) is 7. The second kappa shape index (κ2) is 9.11. The van der Waals surface area contributed by atoms with E-state index in [1.807, 2.05) is 24.6 Å². The van der Waals surface area contributed by atoms with E-state index in [1.54, 1.807) is 45.4 Å². The average molecular weight is 477 g/mol. The number of ether oxygens (including phenoxy) is 1. The molecule has 5 aromatic rings.